The Morgan fingerprint density at radius 2 is 1.95 bits per heavy atom. The Morgan fingerprint density at radius 1 is 1.38 bits per heavy atom. The largest absolute Gasteiger partial charge is 0.481 e. The van der Waals surface area contributed by atoms with Gasteiger partial charge < -0.3 is 15.3 Å². The van der Waals surface area contributed by atoms with E-state index in [0.29, 0.717) is 6.42 Å². The van der Waals surface area contributed by atoms with Crippen LogP contribution in [0.25, 0.3) is 0 Å². The van der Waals surface area contributed by atoms with Crippen LogP contribution in [-0.4, -0.2) is 35.1 Å². The van der Waals surface area contributed by atoms with Gasteiger partial charge in [0.25, 0.3) is 0 Å². The van der Waals surface area contributed by atoms with Gasteiger partial charge in [0.1, 0.15) is 5.69 Å². The molecule has 1 aromatic carbocycles. The van der Waals surface area contributed by atoms with Gasteiger partial charge in [0, 0.05) is 17.6 Å². The maximum atomic E-state index is 13.6. The van der Waals surface area contributed by atoms with Crippen LogP contribution in [0.4, 0.5) is 19.3 Å². The molecule has 1 heterocycles. The quantitative estimate of drug-likeness (QED) is 0.849. The van der Waals surface area contributed by atoms with Crippen molar-refractivity contribution < 1.29 is 23.5 Å². The second kappa shape index (κ2) is 5.59. The number of likely N-dealkylation sites (tertiary alicyclic amines) is 1. The molecule has 0 aliphatic carbocycles. The Morgan fingerprint density at radius 3 is 2.43 bits per heavy atom. The fourth-order valence-corrected chi connectivity index (χ4v) is 2.56. The molecule has 1 aliphatic heterocycles. The van der Waals surface area contributed by atoms with Gasteiger partial charge in [-0.05, 0) is 25.5 Å². The van der Waals surface area contributed by atoms with Crippen molar-refractivity contribution in [3.8, 4) is 0 Å². The van der Waals surface area contributed by atoms with E-state index in [9.17, 15) is 18.4 Å². The molecular weight excluding hydrogens is 350 g/mol. The highest BCUT2D eigenvalue weighted by Crippen LogP contribution is 2.31. The van der Waals surface area contributed by atoms with Gasteiger partial charge in [-0.2, -0.15) is 0 Å². The number of hydrogen-bond acceptors (Lipinski definition) is 2. The zero-order valence-corrected chi connectivity index (χ0v) is 12.7. The summed E-state index contributed by atoms with van der Waals surface area (Å²) in [7, 11) is 0. The number of carbonyl (C=O) groups excluding carboxylic acids is 1. The molecule has 0 aromatic heterocycles. The van der Waals surface area contributed by atoms with Crippen molar-refractivity contribution in [1.82, 2.24) is 4.90 Å². The maximum absolute atomic E-state index is 13.6. The van der Waals surface area contributed by atoms with Crippen molar-refractivity contribution in [3.05, 3.63) is 28.2 Å². The van der Waals surface area contributed by atoms with Crippen molar-refractivity contribution in [2.75, 3.05) is 18.4 Å². The smallest absolute Gasteiger partial charge is 0.322 e. The highest BCUT2D eigenvalue weighted by Gasteiger charge is 2.42. The van der Waals surface area contributed by atoms with Crippen molar-refractivity contribution in [2.45, 2.75) is 13.3 Å². The summed E-state index contributed by atoms with van der Waals surface area (Å²) in [5, 5.41) is 11.2. The van der Waals surface area contributed by atoms with Crippen LogP contribution < -0.4 is 5.32 Å². The molecule has 1 aromatic rings. The molecule has 1 aliphatic rings. The number of nitrogens with zero attached hydrogens (tertiary/aromatic N) is 1. The third-order valence-electron chi connectivity index (χ3n) is 3.52. The van der Waals surface area contributed by atoms with E-state index < -0.39 is 34.7 Å². The lowest BCUT2D eigenvalue weighted by atomic mass is 9.90. The number of carboxylic acid groups (broad SMARTS) is 1. The van der Waals surface area contributed by atoms with Crippen LogP contribution in [0.15, 0.2) is 16.6 Å². The number of amides is 2. The lowest BCUT2D eigenvalue weighted by Gasteiger charge is -2.20. The van der Waals surface area contributed by atoms with Gasteiger partial charge in [-0.25, -0.2) is 13.6 Å². The fraction of sp³-hybridized carbons (Fsp3) is 0.385. The molecule has 2 N–H and O–H groups in total. The lowest BCUT2D eigenvalue weighted by Crippen LogP contribution is -2.37. The van der Waals surface area contributed by atoms with Crippen molar-refractivity contribution in [2.24, 2.45) is 5.41 Å². The number of anilines is 1. The summed E-state index contributed by atoms with van der Waals surface area (Å²) >= 11 is 2.94. The second-order valence-corrected chi connectivity index (χ2v) is 6.13. The number of hydrogen-bond donors (Lipinski definition) is 2. The topological polar surface area (TPSA) is 69.6 Å². The number of carboxylic acids is 1. The monoisotopic (exact) mass is 362 g/mol. The lowest BCUT2D eigenvalue weighted by molar-refractivity contribution is -0.146. The summed E-state index contributed by atoms with van der Waals surface area (Å²) in [4.78, 5) is 24.3. The molecule has 0 saturated carbocycles. The highest BCUT2D eigenvalue weighted by atomic mass is 79.9. The van der Waals surface area contributed by atoms with Gasteiger partial charge in [-0.1, -0.05) is 15.9 Å². The fourth-order valence-electron chi connectivity index (χ4n) is 2.16. The summed E-state index contributed by atoms with van der Waals surface area (Å²) in [5.74, 6) is -2.82. The number of urea groups is 1. The Bertz CT molecular complexity index is 588. The molecule has 1 atom stereocenters. The second-order valence-electron chi connectivity index (χ2n) is 5.21. The summed E-state index contributed by atoms with van der Waals surface area (Å²) in [6, 6.07) is 1.34. The molecule has 114 valence electrons. The number of nitrogens with one attached hydrogen (secondary N) is 1. The van der Waals surface area contributed by atoms with Crippen LogP contribution in [0.2, 0.25) is 0 Å². The first-order valence-electron chi connectivity index (χ1n) is 6.17. The summed E-state index contributed by atoms with van der Waals surface area (Å²) in [6.07, 6.45) is 0.293. The third kappa shape index (κ3) is 3.15. The molecule has 2 amide bonds. The SMILES string of the molecule is CC1(C(=O)O)CCN(C(=O)Nc2c(F)cc(Br)cc2F)C1. The average Bonchev–Trinajstić information content (AvgIpc) is 2.78. The Hall–Kier alpha value is -1.70. The number of halogens is 3. The number of rotatable bonds is 2. The Balaban J connectivity index is 2.12. The van der Waals surface area contributed by atoms with Crippen molar-refractivity contribution in [1.29, 1.82) is 0 Å². The molecule has 21 heavy (non-hydrogen) atoms. The van der Waals surface area contributed by atoms with E-state index in [1.54, 1.807) is 0 Å². The number of benzene rings is 1. The molecule has 1 unspecified atom stereocenters. The minimum Gasteiger partial charge on any atom is -0.481 e. The van der Waals surface area contributed by atoms with E-state index in [2.05, 4.69) is 21.2 Å². The van der Waals surface area contributed by atoms with E-state index in [1.165, 1.54) is 11.8 Å². The first-order chi connectivity index (χ1) is 9.73. The molecule has 2 rings (SSSR count). The summed E-state index contributed by atoms with van der Waals surface area (Å²) in [5.41, 5.74) is -1.58. The van der Waals surface area contributed by atoms with E-state index in [4.69, 9.17) is 5.11 Å². The molecule has 0 radical (unpaired) electrons. The molecule has 1 fully saturated rings. The summed E-state index contributed by atoms with van der Waals surface area (Å²) in [6.45, 7) is 1.74. The van der Waals surface area contributed by atoms with Gasteiger partial charge in [-0.15, -0.1) is 0 Å². The minimum atomic E-state index is -1.03. The van der Waals surface area contributed by atoms with Crippen LogP contribution in [-0.2, 0) is 4.79 Å². The van der Waals surface area contributed by atoms with E-state index in [1.807, 2.05) is 0 Å². The van der Waals surface area contributed by atoms with Gasteiger partial charge in [0.2, 0.25) is 0 Å². The maximum Gasteiger partial charge on any atom is 0.322 e. The molecule has 0 bridgehead atoms. The first kappa shape index (κ1) is 15.7. The van der Waals surface area contributed by atoms with Crippen LogP contribution in [0.1, 0.15) is 13.3 Å². The Labute approximate surface area is 128 Å². The van der Waals surface area contributed by atoms with Gasteiger partial charge in [0.05, 0.1) is 5.41 Å². The van der Waals surface area contributed by atoms with Crippen LogP contribution >= 0.6 is 15.9 Å². The highest BCUT2D eigenvalue weighted by molar-refractivity contribution is 9.10. The van der Waals surface area contributed by atoms with Gasteiger partial charge >= 0.3 is 12.0 Å². The normalized spacial score (nSPS) is 21.4. The van der Waals surface area contributed by atoms with E-state index >= 15 is 0 Å². The third-order valence-corrected chi connectivity index (χ3v) is 3.97. The van der Waals surface area contributed by atoms with Gasteiger partial charge in [-0.3, -0.25) is 4.79 Å². The predicted octanol–water partition coefficient (Wildman–Crippen LogP) is 3.06. The minimum absolute atomic E-state index is 0.00602. The van der Waals surface area contributed by atoms with Crippen LogP contribution in [0.5, 0.6) is 0 Å². The molecule has 8 heteroatoms. The first-order valence-corrected chi connectivity index (χ1v) is 6.96. The van der Waals surface area contributed by atoms with Crippen LogP contribution in [0, 0.1) is 17.0 Å². The number of carbonyl (C=O) groups is 2. The molecule has 0 spiro atoms. The number of aliphatic carboxylic acids is 1. The zero-order valence-electron chi connectivity index (χ0n) is 11.1. The van der Waals surface area contributed by atoms with Crippen molar-refractivity contribution in [3.63, 3.8) is 0 Å². The predicted molar refractivity (Wildman–Crippen MR) is 75.0 cm³/mol. The van der Waals surface area contributed by atoms with E-state index in [-0.39, 0.29) is 17.6 Å². The molecule has 5 nitrogen and oxygen atoms in total. The Kier molecular flexibility index (Phi) is 4.18. The standard InChI is InChI=1S/C13H13BrF2N2O3/c1-13(11(19)20)2-3-18(6-13)12(21)17-10-8(15)4-7(14)5-9(10)16/h4-5H,2-3,6H2,1H3,(H,17,21)(H,19,20). The van der Waals surface area contributed by atoms with Gasteiger partial charge in [0.15, 0.2) is 11.6 Å². The van der Waals surface area contributed by atoms with E-state index in [0.717, 1.165) is 12.1 Å². The average molecular weight is 363 g/mol. The van der Waals surface area contributed by atoms with Crippen molar-refractivity contribution >= 4 is 33.6 Å². The molecular formula is C13H13BrF2N2O3. The summed E-state index contributed by atoms with van der Waals surface area (Å²) < 4.78 is 27.5. The molecule has 1 saturated heterocycles. The zero-order chi connectivity index (χ0) is 15.8. The van der Waals surface area contributed by atoms with Crippen LogP contribution in [0.3, 0.4) is 0 Å².